The third kappa shape index (κ3) is 2.98. The van der Waals surface area contributed by atoms with E-state index < -0.39 is 15.3 Å². The van der Waals surface area contributed by atoms with E-state index in [1.807, 2.05) is 6.92 Å². The molecule has 0 aliphatic heterocycles. The smallest absolute Gasteiger partial charge is 0.425 e. The summed E-state index contributed by atoms with van der Waals surface area (Å²) in [6.45, 7) is 1.89. The van der Waals surface area contributed by atoms with E-state index in [-0.39, 0.29) is 0 Å². The highest BCUT2D eigenvalue weighted by molar-refractivity contribution is 8.13. The third-order valence-electron chi connectivity index (χ3n) is 2.30. The number of rotatable bonds is 1. The van der Waals surface area contributed by atoms with Crippen molar-refractivity contribution in [1.82, 2.24) is 3.89 Å². The highest BCUT2D eigenvalue weighted by Gasteiger charge is 2.34. The van der Waals surface area contributed by atoms with Crippen molar-refractivity contribution in [2.45, 2.75) is 6.92 Å². The zero-order valence-electron chi connectivity index (χ0n) is 9.80. The van der Waals surface area contributed by atoms with E-state index in [0.29, 0.717) is 17.6 Å². The van der Waals surface area contributed by atoms with Gasteiger partial charge in [0.15, 0.2) is 5.69 Å². The molecule has 0 bridgehead atoms. The lowest BCUT2D eigenvalue weighted by molar-refractivity contribution is -0.256. The van der Waals surface area contributed by atoms with Crippen molar-refractivity contribution in [2.24, 2.45) is 0 Å². The fraction of sp³-hybridized carbons (Fsp3) is 0.273. The fourth-order valence-corrected chi connectivity index (χ4v) is 1.89. The van der Waals surface area contributed by atoms with E-state index in [9.17, 15) is 14.7 Å². The highest BCUT2D eigenvalue weighted by Crippen LogP contribution is 2.31. The lowest BCUT2D eigenvalue weighted by Gasteiger charge is -2.28. The van der Waals surface area contributed by atoms with Gasteiger partial charge in [-0.25, -0.2) is 4.79 Å². The Morgan fingerprint density at radius 1 is 1.29 bits per heavy atom. The van der Waals surface area contributed by atoms with Crippen molar-refractivity contribution in [2.75, 3.05) is 14.2 Å². The number of amides is 1. The second-order valence-electron chi connectivity index (χ2n) is 3.57. The van der Waals surface area contributed by atoms with Crippen LogP contribution in [0.5, 0.6) is 0 Å². The lowest BCUT2D eigenvalue weighted by Crippen LogP contribution is -2.52. The van der Waals surface area contributed by atoms with Gasteiger partial charge in [0, 0.05) is 12.1 Å². The van der Waals surface area contributed by atoms with Crippen LogP contribution < -0.4 is 8.99 Å². The van der Waals surface area contributed by atoms with E-state index >= 15 is 0 Å². The number of carbonyl (C=O) groups excluding carboxylic acids is 2. The molecule has 5 nitrogen and oxygen atoms in total. The SMILES string of the molecule is COC(=O)S[N+](C)(C(=O)[O-])c1ccc(C)cc1. The minimum atomic E-state index is -1.38. The summed E-state index contributed by atoms with van der Waals surface area (Å²) < 4.78 is 3.74. The molecule has 17 heavy (non-hydrogen) atoms. The molecule has 0 heterocycles. The van der Waals surface area contributed by atoms with Crippen LogP contribution in [0.15, 0.2) is 24.3 Å². The Labute approximate surface area is 104 Å². The first-order valence-electron chi connectivity index (χ1n) is 4.83. The number of hydrogen-bond acceptors (Lipinski definition) is 5. The van der Waals surface area contributed by atoms with E-state index in [4.69, 9.17) is 0 Å². The van der Waals surface area contributed by atoms with Crippen LogP contribution in [0.25, 0.3) is 0 Å². The summed E-state index contributed by atoms with van der Waals surface area (Å²) >= 11 is 0.528. The fourth-order valence-electron chi connectivity index (χ4n) is 1.21. The predicted molar refractivity (Wildman–Crippen MR) is 64.3 cm³/mol. The summed E-state index contributed by atoms with van der Waals surface area (Å²) in [6.07, 6.45) is -1.38. The summed E-state index contributed by atoms with van der Waals surface area (Å²) in [5.41, 5.74) is 1.44. The molecule has 6 heteroatoms. The van der Waals surface area contributed by atoms with Crippen molar-refractivity contribution in [1.29, 1.82) is 0 Å². The second kappa shape index (κ2) is 5.20. The van der Waals surface area contributed by atoms with Crippen LogP contribution in [-0.2, 0) is 4.74 Å². The molecular formula is C11H13NO4S. The Balaban J connectivity index is 3.11. The molecule has 92 valence electrons. The zero-order chi connectivity index (χ0) is 13.1. The van der Waals surface area contributed by atoms with E-state index in [1.165, 1.54) is 14.2 Å². The normalized spacial score (nSPS) is 13.8. The molecule has 0 N–H and O–H groups in total. The molecule has 0 radical (unpaired) electrons. The van der Waals surface area contributed by atoms with Gasteiger partial charge < -0.3 is 14.6 Å². The molecule has 1 rings (SSSR count). The minimum Gasteiger partial charge on any atom is -0.497 e. The minimum absolute atomic E-state index is 0.436. The van der Waals surface area contributed by atoms with Crippen LogP contribution in [0.3, 0.4) is 0 Å². The number of ether oxygens (including phenoxy) is 1. The van der Waals surface area contributed by atoms with Gasteiger partial charge in [-0.15, -0.1) is 0 Å². The molecule has 1 amide bonds. The predicted octanol–water partition coefficient (Wildman–Crippen LogP) is 1.69. The summed E-state index contributed by atoms with van der Waals surface area (Å²) in [5, 5.41) is 10.5. The standard InChI is InChI=1S/C11H13NO4S/c1-8-4-6-9(7-5-8)12(2,10(13)14)17-11(15)16-3/h4-7H,1-3H3. The van der Waals surface area contributed by atoms with Gasteiger partial charge in [0.2, 0.25) is 11.9 Å². The molecule has 1 aromatic rings. The van der Waals surface area contributed by atoms with Crippen molar-refractivity contribution in [3.63, 3.8) is 0 Å². The maximum Gasteiger partial charge on any atom is 0.425 e. The molecular weight excluding hydrogens is 242 g/mol. The average Bonchev–Trinajstić information content (AvgIpc) is 2.29. The van der Waals surface area contributed by atoms with Gasteiger partial charge in [-0.2, -0.15) is 3.89 Å². The van der Waals surface area contributed by atoms with Crippen LogP contribution in [0, 0.1) is 6.92 Å². The summed E-state index contributed by atoms with van der Waals surface area (Å²) in [4.78, 5) is 22.4. The Morgan fingerprint density at radius 2 is 1.82 bits per heavy atom. The topological polar surface area (TPSA) is 66.4 Å². The molecule has 0 saturated carbocycles. The molecule has 0 fully saturated rings. The van der Waals surface area contributed by atoms with Gasteiger partial charge in [-0.05, 0) is 6.92 Å². The first-order chi connectivity index (χ1) is 7.90. The first kappa shape index (κ1) is 13.5. The van der Waals surface area contributed by atoms with Gasteiger partial charge in [0.25, 0.3) is 6.09 Å². The number of quaternary nitrogens is 1. The first-order valence-corrected chi connectivity index (χ1v) is 5.60. The van der Waals surface area contributed by atoms with Crippen LogP contribution in [0.1, 0.15) is 5.56 Å². The maximum absolute atomic E-state index is 11.2. The van der Waals surface area contributed by atoms with Crippen molar-refractivity contribution in [3.05, 3.63) is 29.8 Å². The number of aryl methyl sites for hydroxylation is 1. The Hall–Kier alpha value is -1.53. The van der Waals surface area contributed by atoms with E-state index in [1.54, 1.807) is 24.3 Å². The van der Waals surface area contributed by atoms with Crippen molar-refractivity contribution < 1.29 is 19.4 Å². The van der Waals surface area contributed by atoms with Gasteiger partial charge in [0.05, 0.1) is 14.2 Å². The van der Waals surface area contributed by atoms with Crippen LogP contribution in [-0.4, -0.2) is 25.6 Å². The number of benzene rings is 1. The summed E-state index contributed by atoms with van der Waals surface area (Å²) in [6, 6.07) is 6.82. The Kier molecular flexibility index (Phi) is 4.14. The molecule has 0 aliphatic rings. The number of carboxylic acid groups (broad SMARTS) is 1. The van der Waals surface area contributed by atoms with Gasteiger partial charge in [-0.1, -0.05) is 17.7 Å². The molecule has 1 aromatic carbocycles. The summed E-state index contributed by atoms with van der Waals surface area (Å²) in [7, 11) is 2.56. The molecule has 0 spiro atoms. The van der Waals surface area contributed by atoms with E-state index in [0.717, 1.165) is 5.56 Å². The summed E-state index contributed by atoms with van der Waals surface area (Å²) in [5.74, 6) is 0. The lowest BCUT2D eigenvalue weighted by atomic mass is 10.2. The Morgan fingerprint density at radius 3 is 2.24 bits per heavy atom. The number of hydrogen-bond donors (Lipinski definition) is 0. The number of methoxy groups -OCH3 is 1. The highest BCUT2D eigenvalue weighted by atomic mass is 32.2. The van der Waals surface area contributed by atoms with Gasteiger partial charge in [0.1, 0.15) is 0 Å². The molecule has 0 aliphatic carbocycles. The van der Waals surface area contributed by atoms with Gasteiger partial charge in [-0.3, -0.25) is 0 Å². The quantitative estimate of drug-likeness (QED) is 0.434. The molecule has 1 atom stereocenters. The maximum atomic E-state index is 11.2. The van der Waals surface area contributed by atoms with Crippen LogP contribution in [0.2, 0.25) is 0 Å². The largest absolute Gasteiger partial charge is 0.497 e. The van der Waals surface area contributed by atoms with Crippen molar-refractivity contribution >= 4 is 29.0 Å². The average molecular weight is 255 g/mol. The third-order valence-corrected chi connectivity index (χ3v) is 3.34. The second-order valence-corrected chi connectivity index (χ2v) is 4.82. The molecule has 0 saturated heterocycles. The Bertz CT molecular complexity index is 432. The zero-order valence-corrected chi connectivity index (χ0v) is 10.6. The van der Waals surface area contributed by atoms with Gasteiger partial charge >= 0.3 is 5.30 Å². The molecule has 1 unspecified atom stereocenters. The van der Waals surface area contributed by atoms with Crippen molar-refractivity contribution in [3.8, 4) is 0 Å². The monoisotopic (exact) mass is 255 g/mol. The number of nitrogens with zero attached hydrogens (tertiary/aromatic N) is 1. The number of carbonyl (C=O) groups is 2. The van der Waals surface area contributed by atoms with Crippen LogP contribution in [0.4, 0.5) is 15.3 Å². The van der Waals surface area contributed by atoms with E-state index in [2.05, 4.69) is 4.74 Å². The molecule has 0 aromatic heterocycles. The van der Waals surface area contributed by atoms with Crippen LogP contribution >= 0.6 is 11.9 Å².